The number of thiazole rings is 1. The summed E-state index contributed by atoms with van der Waals surface area (Å²) < 4.78 is 0. The van der Waals surface area contributed by atoms with Gasteiger partial charge in [-0.15, -0.1) is 11.3 Å². The number of aromatic nitrogens is 3. The lowest BCUT2D eigenvalue weighted by Gasteiger charge is -2.24. The van der Waals surface area contributed by atoms with Crippen molar-refractivity contribution in [2.75, 3.05) is 11.9 Å². The number of nitrogens with one attached hydrogen (secondary N) is 1. The summed E-state index contributed by atoms with van der Waals surface area (Å²) in [7, 11) is 0. The molecule has 0 aliphatic carbocycles. The highest BCUT2D eigenvalue weighted by atomic mass is 32.1. The molecule has 144 valence electrons. The van der Waals surface area contributed by atoms with E-state index < -0.39 is 0 Å². The number of likely N-dealkylation sites (tertiary alicyclic amines) is 1. The molecule has 0 saturated carbocycles. The molecular weight excluding hydrogens is 370 g/mol. The first-order valence-electron chi connectivity index (χ1n) is 9.46. The van der Waals surface area contributed by atoms with Gasteiger partial charge >= 0.3 is 0 Å². The monoisotopic (exact) mass is 393 g/mol. The number of anilines is 2. The predicted molar refractivity (Wildman–Crippen MR) is 111 cm³/mol. The van der Waals surface area contributed by atoms with Gasteiger partial charge < -0.3 is 10.2 Å². The van der Waals surface area contributed by atoms with Crippen LogP contribution < -0.4 is 5.32 Å². The Morgan fingerprint density at radius 2 is 1.93 bits per heavy atom. The first-order chi connectivity index (χ1) is 13.6. The first kappa shape index (κ1) is 18.6. The maximum absolute atomic E-state index is 12.9. The predicted octanol–water partition coefficient (Wildman–Crippen LogP) is 4.20. The van der Waals surface area contributed by atoms with Gasteiger partial charge in [0.15, 0.2) is 0 Å². The van der Waals surface area contributed by atoms with Crippen LogP contribution in [0.1, 0.15) is 41.0 Å². The van der Waals surface area contributed by atoms with Crippen LogP contribution >= 0.6 is 11.3 Å². The van der Waals surface area contributed by atoms with Crippen LogP contribution in [-0.2, 0) is 11.2 Å². The van der Waals surface area contributed by atoms with Gasteiger partial charge in [-0.3, -0.25) is 4.79 Å². The first-order valence-corrected chi connectivity index (χ1v) is 10.3. The molecular formula is C21H23N5OS. The van der Waals surface area contributed by atoms with Crippen LogP contribution in [0.4, 0.5) is 11.6 Å². The zero-order chi connectivity index (χ0) is 19.5. The van der Waals surface area contributed by atoms with E-state index in [0.29, 0.717) is 6.42 Å². The van der Waals surface area contributed by atoms with Gasteiger partial charge in [0.05, 0.1) is 28.9 Å². The fourth-order valence-corrected chi connectivity index (χ4v) is 4.18. The molecule has 1 aliphatic rings. The van der Waals surface area contributed by atoms with E-state index in [1.807, 2.05) is 60.5 Å². The van der Waals surface area contributed by atoms with Gasteiger partial charge in [-0.1, -0.05) is 12.1 Å². The Kier molecular flexibility index (Phi) is 5.34. The van der Waals surface area contributed by atoms with Gasteiger partial charge in [-0.2, -0.15) is 0 Å². The number of hydrogen-bond donors (Lipinski definition) is 1. The fourth-order valence-electron chi connectivity index (χ4n) is 3.57. The zero-order valence-electron chi connectivity index (χ0n) is 16.1. The van der Waals surface area contributed by atoms with Crippen LogP contribution in [0.3, 0.4) is 0 Å². The number of aryl methyl sites for hydroxylation is 2. The van der Waals surface area contributed by atoms with E-state index in [4.69, 9.17) is 4.98 Å². The van der Waals surface area contributed by atoms with E-state index in [1.54, 1.807) is 11.3 Å². The molecule has 4 rings (SSSR count). The van der Waals surface area contributed by atoms with E-state index in [0.717, 1.165) is 53.1 Å². The summed E-state index contributed by atoms with van der Waals surface area (Å²) in [5.41, 5.74) is 2.72. The summed E-state index contributed by atoms with van der Waals surface area (Å²) in [6.45, 7) is 4.69. The van der Waals surface area contributed by atoms with Crippen molar-refractivity contribution in [1.82, 2.24) is 19.9 Å². The molecule has 1 N–H and O–H groups in total. The molecule has 1 fully saturated rings. The lowest BCUT2D eigenvalue weighted by Crippen LogP contribution is -2.32. The molecule has 1 atom stereocenters. The standard InChI is InChI=1S/C21H23N5OS/c1-14-6-3-9-19(22-14)25-20-10-4-7-17(24-20)18-8-5-11-26(18)21(27)12-16-13-28-15(2)23-16/h3-4,6-7,9-10,13,18H,5,8,11-12H2,1-2H3,(H,22,24,25)/t18-/m1/s1. The van der Waals surface area contributed by atoms with Crippen molar-refractivity contribution >= 4 is 28.9 Å². The van der Waals surface area contributed by atoms with E-state index in [-0.39, 0.29) is 11.9 Å². The molecule has 3 aromatic heterocycles. The van der Waals surface area contributed by atoms with Crippen molar-refractivity contribution in [3.8, 4) is 0 Å². The number of carbonyl (C=O) groups is 1. The molecule has 0 spiro atoms. The number of amides is 1. The van der Waals surface area contributed by atoms with Gasteiger partial charge in [-0.05, 0) is 51.0 Å². The Bertz CT molecular complexity index is 986. The van der Waals surface area contributed by atoms with Gasteiger partial charge in [-0.25, -0.2) is 15.0 Å². The molecule has 0 unspecified atom stereocenters. The molecule has 1 aliphatic heterocycles. The van der Waals surface area contributed by atoms with Crippen molar-refractivity contribution in [2.45, 2.75) is 39.2 Å². The Morgan fingerprint density at radius 1 is 1.14 bits per heavy atom. The van der Waals surface area contributed by atoms with Gasteiger partial charge in [0.1, 0.15) is 11.6 Å². The molecule has 0 radical (unpaired) electrons. The molecule has 1 saturated heterocycles. The molecule has 6 nitrogen and oxygen atoms in total. The van der Waals surface area contributed by atoms with E-state index in [9.17, 15) is 4.79 Å². The van der Waals surface area contributed by atoms with Gasteiger partial charge in [0, 0.05) is 17.6 Å². The lowest BCUT2D eigenvalue weighted by molar-refractivity contribution is -0.131. The van der Waals surface area contributed by atoms with E-state index in [2.05, 4.69) is 15.3 Å². The van der Waals surface area contributed by atoms with Crippen molar-refractivity contribution in [3.63, 3.8) is 0 Å². The average Bonchev–Trinajstić information content (AvgIpc) is 3.31. The van der Waals surface area contributed by atoms with E-state index >= 15 is 0 Å². The minimum atomic E-state index is 0.0134. The molecule has 4 heterocycles. The second-order valence-corrected chi connectivity index (χ2v) is 8.08. The molecule has 0 bridgehead atoms. The van der Waals surface area contributed by atoms with Crippen molar-refractivity contribution in [2.24, 2.45) is 0 Å². The SMILES string of the molecule is Cc1cccc(Nc2cccc([C@H]3CCCN3C(=O)Cc3csc(C)n3)n2)n1. The van der Waals surface area contributed by atoms with Crippen LogP contribution in [-0.4, -0.2) is 32.3 Å². The molecule has 3 aromatic rings. The highest BCUT2D eigenvalue weighted by Gasteiger charge is 2.31. The third kappa shape index (κ3) is 4.20. The van der Waals surface area contributed by atoms with E-state index in [1.165, 1.54) is 0 Å². The number of carbonyl (C=O) groups excluding carboxylic acids is 1. The van der Waals surface area contributed by atoms with Crippen LogP contribution in [0, 0.1) is 13.8 Å². The molecule has 28 heavy (non-hydrogen) atoms. The minimum Gasteiger partial charge on any atom is -0.334 e. The molecule has 0 aromatic carbocycles. The lowest BCUT2D eigenvalue weighted by atomic mass is 10.1. The number of pyridine rings is 2. The maximum atomic E-state index is 12.9. The van der Waals surface area contributed by atoms with Gasteiger partial charge in [0.2, 0.25) is 5.91 Å². The summed E-state index contributed by atoms with van der Waals surface area (Å²) in [6.07, 6.45) is 2.28. The quantitative estimate of drug-likeness (QED) is 0.703. The Labute approximate surface area is 168 Å². The van der Waals surface area contributed by atoms with Crippen molar-refractivity contribution < 1.29 is 4.79 Å². The second-order valence-electron chi connectivity index (χ2n) is 7.02. The third-order valence-corrected chi connectivity index (χ3v) is 5.65. The summed E-state index contributed by atoms with van der Waals surface area (Å²) in [5, 5.41) is 6.22. The normalized spacial score (nSPS) is 16.4. The number of rotatable bonds is 5. The minimum absolute atomic E-state index is 0.0134. The highest BCUT2D eigenvalue weighted by molar-refractivity contribution is 7.09. The summed E-state index contributed by atoms with van der Waals surface area (Å²) in [6, 6.07) is 11.8. The fraction of sp³-hybridized carbons (Fsp3) is 0.333. The maximum Gasteiger partial charge on any atom is 0.229 e. The largest absolute Gasteiger partial charge is 0.334 e. The number of nitrogens with zero attached hydrogens (tertiary/aromatic N) is 4. The number of hydrogen-bond acceptors (Lipinski definition) is 6. The topological polar surface area (TPSA) is 71.0 Å². The summed E-state index contributed by atoms with van der Waals surface area (Å²) >= 11 is 1.58. The highest BCUT2D eigenvalue weighted by Crippen LogP contribution is 2.32. The van der Waals surface area contributed by atoms with Crippen LogP contribution in [0.15, 0.2) is 41.8 Å². The second kappa shape index (κ2) is 8.06. The third-order valence-electron chi connectivity index (χ3n) is 4.83. The van der Waals surface area contributed by atoms with Crippen LogP contribution in [0.25, 0.3) is 0 Å². The van der Waals surface area contributed by atoms with Gasteiger partial charge in [0.25, 0.3) is 0 Å². The smallest absolute Gasteiger partial charge is 0.229 e. The Balaban J connectivity index is 1.50. The van der Waals surface area contributed by atoms with Crippen LogP contribution in [0.5, 0.6) is 0 Å². The average molecular weight is 394 g/mol. The van der Waals surface area contributed by atoms with Crippen molar-refractivity contribution in [1.29, 1.82) is 0 Å². The Morgan fingerprint density at radius 3 is 2.68 bits per heavy atom. The molecule has 1 amide bonds. The van der Waals surface area contributed by atoms with Crippen LogP contribution in [0.2, 0.25) is 0 Å². The Hall–Kier alpha value is -2.80. The zero-order valence-corrected chi connectivity index (χ0v) is 16.9. The summed E-state index contributed by atoms with van der Waals surface area (Å²) in [4.78, 5) is 28.5. The summed E-state index contributed by atoms with van der Waals surface area (Å²) in [5.74, 6) is 1.63. The molecule has 7 heteroatoms. The van der Waals surface area contributed by atoms with Crippen molar-refractivity contribution in [3.05, 3.63) is 63.9 Å².